The van der Waals surface area contributed by atoms with Gasteiger partial charge in [-0.3, -0.25) is 0 Å². The first-order valence-electron chi connectivity index (χ1n) is 5.38. The number of unbranched alkanes of at least 4 members (excludes halogenated alkanes) is 2. The van der Waals surface area contributed by atoms with Gasteiger partial charge >= 0.3 is 0 Å². The fourth-order valence-electron chi connectivity index (χ4n) is 1.53. The highest BCUT2D eigenvalue weighted by Gasteiger charge is 2.01. The van der Waals surface area contributed by atoms with Gasteiger partial charge in [0.15, 0.2) is 0 Å². The second kappa shape index (κ2) is 6.14. The first-order chi connectivity index (χ1) is 7.25. The van der Waals surface area contributed by atoms with Crippen molar-refractivity contribution in [1.82, 2.24) is 0 Å². The summed E-state index contributed by atoms with van der Waals surface area (Å²) in [5.74, 6) is 3.66. The SMILES string of the molecule is C#CCCCCOc1c(C)cccc1C. The Balaban J connectivity index is 2.41. The summed E-state index contributed by atoms with van der Waals surface area (Å²) in [6.45, 7) is 4.90. The maximum absolute atomic E-state index is 5.75. The van der Waals surface area contributed by atoms with Crippen LogP contribution in [0, 0.1) is 26.2 Å². The molecule has 0 spiro atoms. The number of aryl methyl sites for hydroxylation is 2. The molecule has 80 valence electrons. The molecule has 0 atom stereocenters. The van der Waals surface area contributed by atoms with E-state index in [1.54, 1.807) is 0 Å². The van der Waals surface area contributed by atoms with Gasteiger partial charge in [0.25, 0.3) is 0 Å². The second-order valence-corrected chi connectivity index (χ2v) is 3.73. The van der Waals surface area contributed by atoms with Crippen LogP contribution < -0.4 is 4.74 Å². The van der Waals surface area contributed by atoms with Gasteiger partial charge in [-0.25, -0.2) is 0 Å². The largest absolute Gasteiger partial charge is 0.493 e. The van der Waals surface area contributed by atoms with E-state index in [4.69, 9.17) is 11.2 Å². The average Bonchev–Trinajstić information content (AvgIpc) is 2.21. The minimum atomic E-state index is 0.757. The number of ether oxygens (including phenoxy) is 1. The summed E-state index contributed by atoms with van der Waals surface area (Å²) in [7, 11) is 0. The Hall–Kier alpha value is -1.42. The van der Waals surface area contributed by atoms with Gasteiger partial charge < -0.3 is 4.74 Å². The molecule has 0 N–H and O–H groups in total. The molecule has 1 nitrogen and oxygen atoms in total. The zero-order valence-corrected chi connectivity index (χ0v) is 9.55. The van der Waals surface area contributed by atoms with Crippen LogP contribution in [0.15, 0.2) is 18.2 Å². The van der Waals surface area contributed by atoms with Crippen molar-refractivity contribution in [2.75, 3.05) is 6.61 Å². The monoisotopic (exact) mass is 202 g/mol. The van der Waals surface area contributed by atoms with Crippen molar-refractivity contribution in [2.24, 2.45) is 0 Å². The molecule has 0 bridgehead atoms. The molecule has 15 heavy (non-hydrogen) atoms. The molecule has 0 saturated heterocycles. The van der Waals surface area contributed by atoms with Crippen molar-refractivity contribution in [3.8, 4) is 18.1 Å². The minimum Gasteiger partial charge on any atom is -0.493 e. The molecule has 0 radical (unpaired) electrons. The third kappa shape index (κ3) is 3.67. The van der Waals surface area contributed by atoms with Crippen LogP contribution in [-0.4, -0.2) is 6.61 Å². The zero-order valence-electron chi connectivity index (χ0n) is 9.55. The third-order valence-corrected chi connectivity index (χ3v) is 2.37. The lowest BCUT2D eigenvalue weighted by Gasteiger charge is -2.11. The Morgan fingerprint density at radius 3 is 2.47 bits per heavy atom. The van der Waals surface area contributed by atoms with Gasteiger partial charge in [-0.2, -0.15) is 0 Å². The van der Waals surface area contributed by atoms with E-state index in [1.807, 2.05) is 0 Å². The van der Waals surface area contributed by atoms with Gasteiger partial charge in [0, 0.05) is 6.42 Å². The molecule has 1 rings (SSSR count). The van der Waals surface area contributed by atoms with Crippen molar-refractivity contribution in [3.63, 3.8) is 0 Å². The first-order valence-corrected chi connectivity index (χ1v) is 5.38. The molecule has 0 saturated carbocycles. The topological polar surface area (TPSA) is 9.23 Å². The highest BCUT2D eigenvalue weighted by atomic mass is 16.5. The molecule has 0 aliphatic heterocycles. The van der Waals surface area contributed by atoms with Crippen molar-refractivity contribution in [3.05, 3.63) is 29.3 Å². The Morgan fingerprint density at radius 2 is 1.87 bits per heavy atom. The van der Waals surface area contributed by atoms with Crippen LogP contribution in [0.1, 0.15) is 30.4 Å². The Kier molecular flexibility index (Phi) is 4.77. The molecule has 0 aliphatic carbocycles. The summed E-state index contributed by atoms with van der Waals surface area (Å²) in [6.07, 6.45) is 8.09. The highest BCUT2D eigenvalue weighted by Crippen LogP contribution is 2.22. The summed E-state index contributed by atoms with van der Waals surface area (Å²) in [5, 5.41) is 0. The fourth-order valence-corrected chi connectivity index (χ4v) is 1.53. The molecule has 0 unspecified atom stereocenters. The number of hydrogen-bond donors (Lipinski definition) is 0. The smallest absolute Gasteiger partial charge is 0.125 e. The van der Waals surface area contributed by atoms with Crippen molar-refractivity contribution >= 4 is 0 Å². The minimum absolute atomic E-state index is 0.757. The summed E-state index contributed by atoms with van der Waals surface area (Å²) >= 11 is 0. The Morgan fingerprint density at radius 1 is 1.20 bits per heavy atom. The van der Waals surface area contributed by atoms with Crippen LogP contribution >= 0.6 is 0 Å². The molecule has 0 heterocycles. The Bertz CT molecular complexity index is 327. The van der Waals surface area contributed by atoms with Gasteiger partial charge in [-0.1, -0.05) is 18.2 Å². The van der Waals surface area contributed by atoms with Crippen LogP contribution in [0.4, 0.5) is 0 Å². The van der Waals surface area contributed by atoms with Crippen LogP contribution in [0.5, 0.6) is 5.75 Å². The van der Waals surface area contributed by atoms with Crippen LogP contribution in [0.2, 0.25) is 0 Å². The third-order valence-electron chi connectivity index (χ3n) is 2.37. The molecule has 1 aromatic rings. The van der Waals surface area contributed by atoms with E-state index < -0.39 is 0 Å². The van der Waals surface area contributed by atoms with E-state index in [2.05, 4.69) is 38.0 Å². The quantitative estimate of drug-likeness (QED) is 0.524. The predicted molar refractivity (Wildman–Crippen MR) is 64.1 cm³/mol. The average molecular weight is 202 g/mol. The highest BCUT2D eigenvalue weighted by molar-refractivity contribution is 5.39. The summed E-state index contributed by atoms with van der Waals surface area (Å²) < 4.78 is 5.75. The zero-order chi connectivity index (χ0) is 11.1. The predicted octanol–water partition coefficient (Wildman–Crippen LogP) is 3.49. The number of benzene rings is 1. The molecule has 0 aromatic heterocycles. The molecule has 0 amide bonds. The lowest BCUT2D eigenvalue weighted by Crippen LogP contribution is -2.00. The van der Waals surface area contributed by atoms with E-state index in [9.17, 15) is 0 Å². The first kappa shape index (κ1) is 11.7. The summed E-state index contributed by atoms with van der Waals surface area (Å²) in [4.78, 5) is 0. The van der Waals surface area contributed by atoms with Crippen LogP contribution in [0.3, 0.4) is 0 Å². The van der Waals surface area contributed by atoms with Gasteiger partial charge in [0.2, 0.25) is 0 Å². The number of hydrogen-bond acceptors (Lipinski definition) is 1. The molecular weight excluding hydrogens is 184 g/mol. The van der Waals surface area contributed by atoms with Gasteiger partial charge in [-0.05, 0) is 37.8 Å². The van der Waals surface area contributed by atoms with Crippen molar-refractivity contribution in [2.45, 2.75) is 33.1 Å². The fraction of sp³-hybridized carbons (Fsp3) is 0.429. The molecule has 0 fully saturated rings. The molecule has 1 heteroatoms. The Labute approximate surface area is 92.5 Å². The van der Waals surface area contributed by atoms with E-state index in [0.717, 1.165) is 31.6 Å². The molecule has 1 aromatic carbocycles. The number of rotatable bonds is 5. The maximum Gasteiger partial charge on any atom is 0.125 e. The van der Waals surface area contributed by atoms with Gasteiger partial charge in [0.1, 0.15) is 5.75 Å². The summed E-state index contributed by atoms with van der Waals surface area (Å²) in [5.41, 5.74) is 2.40. The van der Waals surface area contributed by atoms with E-state index in [1.165, 1.54) is 11.1 Å². The lowest BCUT2D eigenvalue weighted by molar-refractivity contribution is 0.303. The number of terminal acetylenes is 1. The van der Waals surface area contributed by atoms with Gasteiger partial charge in [-0.15, -0.1) is 12.3 Å². The standard InChI is InChI=1S/C14H18O/c1-4-5-6-7-11-15-14-12(2)9-8-10-13(14)3/h1,8-10H,5-7,11H2,2-3H3. The van der Waals surface area contributed by atoms with Crippen molar-refractivity contribution < 1.29 is 4.74 Å². The second-order valence-electron chi connectivity index (χ2n) is 3.73. The van der Waals surface area contributed by atoms with Crippen LogP contribution in [-0.2, 0) is 0 Å². The number of para-hydroxylation sites is 1. The van der Waals surface area contributed by atoms with Crippen molar-refractivity contribution in [1.29, 1.82) is 0 Å². The lowest BCUT2D eigenvalue weighted by atomic mass is 10.1. The normalized spacial score (nSPS) is 9.67. The van der Waals surface area contributed by atoms with E-state index in [-0.39, 0.29) is 0 Å². The molecule has 0 aliphatic rings. The maximum atomic E-state index is 5.75. The van der Waals surface area contributed by atoms with Gasteiger partial charge in [0.05, 0.1) is 6.61 Å². The van der Waals surface area contributed by atoms with E-state index in [0.29, 0.717) is 0 Å². The summed E-state index contributed by atoms with van der Waals surface area (Å²) in [6, 6.07) is 6.20. The van der Waals surface area contributed by atoms with E-state index >= 15 is 0 Å². The van der Waals surface area contributed by atoms with Crippen LogP contribution in [0.25, 0.3) is 0 Å². The molecular formula is C14H18O.